The monoisotopic (exact) mass is 296 g/mol. The van der Waals surface area contributed by atoms with Crippen molar-refractivity contribution in [1.82, 2.24) is 15.1 Å². The molecule has 1 aromatic rings. The summed E-state index contributed by atoms with van der Waals surface area (Å²) in [6.07, 6.45) is 4.76. The summed E-state index contributed by atoms with van der Waals surface area (Å²) in [6.45, 7) is 6.46. The van der Waals surface area contributed by atoms with Crippen molar-refractivity contribution in [3.05, 3.63) is 21.5 Å². The van der Waals surface area contributed by atoms with Crippen LogP contribution in [0.1, 0.15) is 50.4 Å². The van der Waals surface area contributed by atoms with Crippen LogP contribution in [0.25, 0.3) is 0 Å². The molecule has 0 spiro atoms. The van der Waals surface area contributed by atoms with Crippen molar-refractivity contribution in [3.63, 3.8) is 0 Å². The normalized spacial score (nSPS) is 10.6. The highest BCUT2D eigenvalue weighted by molar-refractivity contribution is 5.75. The topological polar surface area (TPSA) is 90.1 Å². The second-order valence-corrected chi connectivity index (χ2v) is 5.16. The molecule has 0 aromatic carbocycles. The van der Waals surface area contributed by atoms with Crippen LogP contribution in [0, 0.1) is 24.0 Å². The van der Waals surface area contributed by atoms with Gasteiger partial charge >= 0.3 is 5.69 Å². The van der Waals surface area contributed by atoms with Crippen molar-refractivity contribution in [1.29, 1.82) is 0 Å². The molecule has 0 saturated carbocycles. The van der Waals surface area contributed by atoms with Crippen LogP contribution in [0.3, 0.4) is 0 Å². The maximum absolute atomic E-state index is 11.7. The Kier molecular flexibility index (Phi) is 6.84. The summed E-state index contributed by atoms with van der Waals surface area (Å²) in [5, 5.41) is 17.9. The summed E-state index contributed by atoms with van der Waals surface area (Å²) in [7, 11) is 0. The first-order valence-corrected chi connectivity index (χ1v) is 7.42. The highest BCUT2D eigenvalue weighted by Gasteiger charge is 2.21. The standard InChI is InChI=1S/C14H24N4O3/c1-4-5-6-7-9-15-13(19)8-10-17-12(3)14(18(20)21)11(2)16-17/h4-10H2,1-3H3,(H,15,19). The number of carbonyl (C=O) groups excluding carboxylic acids is 1. The Balaban J connectivity index is 2.40. The number of nitrogens with one attached hydrogen (secondary N) is 1. The Bertz CT molecular complexity index is 497. The number of hydrogen-bond acceptors (Lipinski definition) is 4. The summed E-state index contributed by atoms with van der Waals surface area (Å²) < 4.78 is 1.53. The number of unbranched alkanes of at least 4 members (excludes halogenated alkanes) is 3. The Labute approximate surface area is 124 Å². The third-order valence-electron chi connectivity index (χ3n) is 3.43. The molecule has 7 heteroatoms. The average molecular weight is 296 g/mol. The van der Waals surface area contributed by atoms with Crippen LogP contribution in [-0.2, 0) is 11.3 Å². The van der Waals surface area contributed by atoms with Crippen LogP contribution in [-0.4, -0.2) is 27.2 Å². The average Bonchev–Trinajstić information content (AvgIpc) is 2.70. The number of amides is 1. The van der Waals surface area contributed by atoms with Gasteiger partial charge in [-0.25, -0.2) is 0 Å². The number of rotatable bonds is 9. The number of aromatic nitrogens is 2. The van der Waals surface area contributed by atoms with E-state index in [1.807, 2.05) is 0 Å². The van der Waals surface area contributed by atoms with Crippen LogP contribution in [0.2, 0.25) is 0 Å². The van der Waals surface area contributed by atoms with E-state index in [9.17, 15) is 14.9 Å². The summed E-state index contributed by atoms with van der Waals surface area (Å²) >= 11 is 0. The predicted molar refractivity (Wildman–Crippen MR) is 80.1 cm³/mol. The van der Waals surface area contributed by atoms with Crippen LogP contribution in [0.15, 0.2) is 0 Å². The molecular weight excluding hydrogens is 272 g/mol. The first-order valence-electron chi connectivity index (χ1n) is 7.42. The van der Waals surface area contributed by atoms with Crippen molar-refractivity contribution in [2.75, 3.05) is 6.54 Å². The lowest BCUT2D eigenvalue weighted by atomic mass is 10.2. The van der Waals surface area contributed by atoms with Gasteiger partial charge in [-0.05, 0) is 20.3 Å². The van der Waals surface area contributed by atoms with Gasteiger partial charge in [0.05, 0.1) is 11.5 Å². The molecule has 0 fully saturated rings. The largest absolute Gasteiger partial charge is 0.356 e. The molecule has 0 bridgehead atoms. The maximum Gasteiger partial charge on any atom is 0.312 e. The first kappa shape index (κ1) is 17.1. The second kappa shape index (κ2) is 8.39. The fraction of sp³-hybridized carbons (Fsp3) is 0.714. The van der Waals surface area contributed by atoms with Crippen LogP contribution in [0.5, 0.6) is 0 Å². The molecule has 118 valence electrons. The number of aryl methyl sites for hydroxylation is 2. The van der Waals surface area contributed by atoms with Crippen molar-refractivity contribution >= 4 is 11.6 Å². The molecule has 0 aliphatic rings. The Morgan fingerprint density at radius 2 is 2.05 bits per heavy atom. The van der Waals surface area contributed by atoms with Gasteiger partial charge in [-0.1, -0.05) is 26.2 Å². The molecule has 21 heavy (non-hydrogen) atoms. The summed E-state index contributed by atoms with van der Waals surface area (Å²) in [4.78, 5) is 22.2. The Morgan fingerprint density at radius 3 is 2.62 bits per heavy atom. The van der Waals surface area contributed by atoms with Gasteiger partial charge in [0, 0.05) is 13.0 Å². The van der Waals surface area contributed by atoms with Gasteiger partial charge < -0.3 is 5.32 Å². The lowest BCUT2D eigenvalue weighted by Gasteiger charge is -2.06. The molecule has 0 aliphatic heterocycles. The Morgan fingerprint density at radius 1 is 1.33 bits per heavy atom. The lowest BCUT2D eigenvalue weighted by Crippen LogP contribution is -2.25. The molecule has 0 unspecified atom stereocenters. The van der Waals surface area contributed by atoms with E-state index in [0.717, 1.165) is 12.8 Å². The number of nitro groups is 1. The van der Waals surface area contributed by atoms with Crippen molar-refractivity contribution < 1.29 is 9.72 Å². The maximum atomic E-state index is 11.7. The molecule has 1 N–H and O–H groups in total. The molecule has 1 rings (SSSR count). The van der Waals surface area contributed by atoms with E-state index in [0.29, 0.717) is 24.5 Å². The van der Waals surface area contributed by atoms with E-state index in [1.54, 1.807) is 13.8 Å². The van der Waals surface area contributed by atoms with Crippen molar-refractivity contribution in [2.45, 2.75) is 59.4 Å². The summed E-state index contributed by atoms with van der Waals surface area (Å²) in [5.41, 5.74) is 0.917. The number of hydrogen-bond donors (Lipinski definition) is 1. The van der Waals surface area contributed by atoms with E-state index in [4.69, 9.17) is 0 Å². The fourth-order valence-electron chi connectivity index (χ4n) is 2.24. The SMILES string of the molecule is CCCCCCNC(=O)CCn1nc(C)c([N+](=O)[O-])c1C. The van der Waals surface area contributed by atoms with E-state index in [-0.39, 0.29) is 18.0 Å². The minimum atomic E-state index is -0.429. The molecule has 0 atom stereocenters. The molecule has 1 amide bonds. The fourth-order valence-corrected chi connectivity index (χ4v) is 2.24. The van der Waals surface area contributed by atoms with Crippen LogP contribution < -0.4 is 5.32 Å². The molecule has 1 aromatic heterocycles. The zero-order valence-electron chi connectivity index (χ0n) is 13.0. The predicted octanol–water partition coefficient (Wildman–Crippen LogP) is 2.49. The third-order valence-corrected chi connectivity index (χ3v) is 3.43. The summed E-state index contributed by atoms with van der Waals surface area (Å²) in [6, 6.07) is 0. The van der Waals surface area contributed by atoms with E-state index in [1.165, 1.54) is 17.5 Å². The molecule has 0 aliphatic carbocycles. The minimum absolute atomic E-state index is 0.0370. The minimum Gasteiger partial charge on any atom is -0.356 e. The summed E-state index contributed by atoms with van der Waals surface area (Å²) in [5.74, 6) is -0.0401. The van der Waals surface area contributed by atoms with Gasteiger partial charge in [0.2, 0.25) is 5.91 Å². The smallest absolute Gasteiger partial charge is 0.312 e. The van der Waals surface area contributed by atoms with E-state index >= 15 is 0 Å². The van der Waals surface area contributed by atoms with Crippen LogP contribution in [0.4, 0.5) is 5.69 Å². The second-order valence-electron chi connectivity index (χ2n) is 5.16. The van der Waals surface area contributed by atoms with Crippen molar-refractivity contribution in [2.24, 2.45) is 0 Å². The lowest BCUT2D eigenvalue weighted by molar-refractivity contribution is -0.386. The number of carbonyl (C=O) groups is 1. The van der Waals surface area contributed by atoms with E-state index < -0.39 is 4.92 Å². The Hall–Kier alpha value is -1.92. The molecule has 0 radical (unpaired) electrons. The highest BCUT2D eigenvalue weighted by atomic mass is 16.6. The van der Waals surface area contributed by atoms with Gasteiger partial charge in [0.1, 0.15) is 11.4 Å². The highest BCUT2D eigenvalue weighted by Crippen LogP contribution is 2.21. The third kappa shape index (κ3) is 5.17. The zero-order valence-corrected chi connectivity index (χ0v) is 13.0. The number of nitrogens with zero attached hydrogens (tertiary/aromatic N) is 3. The van der Waals surface area contributed by atoms with Gasteiger partial charge in [0.15, 0.2) is 0 Å². The van der Waals surface area contributed by atoms with Gasteiger partial charge in [-0.3, -0.25) is 19.6 Å². The van der Waals surface area contributed by atoms with Gasteiger partial charge in [-0.2, -0.15) is 5.10 Å². The van der Waals surface area contributed by atoms with Gasteiger partial charge in [-0.15, -0.1) is 0 Å². The van der Waals surface area contributed by atoms with E-state index in [2.05, 4.69) is 17.3 Å². The molecular formula is C14H24N4O3. The van der Waals surface area contributed by atoms with Gasteiger partial charge in [0.25, 0.3) is 0 Å². The first-order chi connectivity index (χ1) is 9.97. The molecule has 0 saturated heterocycles. The molecule has 1 heterocycles. The van der Waals surface area contributed by atoms with Crippen molar-refractivity contribution in [3.8, 4) is 0 Å². The quantitative estimate of drug-likeness (QED) is 0.430. The zero-order chi connectivity index (χ0) is 15.8. The molecule has 7 nitrogen and oxygen atoms in total. The van der Waals surface area contributed by atoms with Crippen LogP contribution >= 0.6 is 0 Å².